The SMILES string of the molecule is O=C(CO[C@H]1C[C@@H](OC(F)(F)F)C1)NCC[C@H](O)CNC(=O)[C@H]1C[C@@H](O)c2cc(Cl)ccc2O1. The van der Waals surface area contributed by atoms with E-state index >= 15 is 0 Å². The van der Waals surface area contributed by atoms with Gasteiger partial charge in [-0.05, 0) is 24.6 Å². The fraction of sp³-hybridized carbons (Fsp3) is 0.619. The van der Waals surface area contributed by atoms with Gasteiger partial charge < -0.3 is 30.3 Å². The summed E-state index contributed by atoms with van der Waals surface area (Å²) in [5, 5.41) is 25.8. The summed E-state index contributed by atoms with van der Waals surface area (Å²) in [6.45, 7) is -0.294. The number of halogens is 4. The van der Waals surface area contributed by atoms with Gasteiger partial charge in [-0.25, -0.2) is 0 Å². The molecule has 1 aromatic carbocycles. The molecule has 0 aromatic heterocycles. The number of carbonyl (C=O) groups excluding carboxylic acids is 2. The Bertz CT molecular complexity index is 867. The Morgan fingerprint density at radius 3 is 2.65 bits per heavy atom. The maximum absolute atomic E-state index is 12.3. The number of amides is 2. The quantitative estimate of drug-likeness (QED) is 0.376. The highest BCUT2D eigenvalue weighted by molar-refractivity contribution is 6.30. The third kappa shape index (κ3) is 7.98. The molecule has 190 valence electrons. The minimum absolute atomic E-state index is 0.0371. The minimum atomic E-state index is -4.68. The van der Waals surface area contributed by atoms with Crippen LogP contribution in [0, 0.1) is 0 Å². The molecule has 0 unspecified atom stereocenters. The van der Waals surface area contributed by atoms with Crippen molar-refractivity contribution in [1.29, 1.82) is 0 Å². The molecule has 34 heavy (non-hydrogen) atoms. The first-order valence-electron chi connectivity index (χ1n) is 10.7. The number of fused-ring (bicyclic) bond motifs is 1. The van der Waals surface area contributed by atoms with Crippen LogP contribution >= 0.6 is 11.6 Å². The highest BCUT2D eigenvalue weighted by Crippen LogP contribution is 2.36. The zero-order chi connectivity index (χ0) is 24.9. The second-order valence-electron chi connectivity index (χ2n) is 8.17. The van der Waals surface area contributed by atoms with Gasteiger partial charge in [-0.2, -0.15) is 0 Å². The topological polar surface area (TPSA) is 126 Å². The molecule has 1 fully saturated rings. The molecule has 4 N–H and O–H groups in total. The number of aliphatic hydroxyl groups excluding tert-OH is 2. The van der Waals surface area contributed by atoms with Gasteiger partial charge in [-0.3, -0.25) is 14.3 Å². The molecule has 1 aromatic rings. The zero-order valence-electron chi connectivity index (χ0n) is 18.0. The summed E-state index contributed by atoms with van der Waals surface area (Å²) in [4.78, 5) is 24.1. The van der Waals surface area contributed by atoms with Crippen LogP contribution in [0.1, 0.15) is 37.4 Å². The molecule has 1 aliphatic heterocycles. The number of rotatable bonds is 10. The number of aliphatic hydroxyl groups is 2. The number of alkyl halides is 3. The van der Waals surface area contributed by atoms with Crippen LogP contribution in [0.5, 0.6) is 5.75 Å². The molecule has 9 nitrogen and oxygen atoms in total. The number of hydrogen-bond donors (Lipinski definition) is 4. The summed E-state index contributed by atoms with van der Waals surface area (Å²) >= 11 is 5.91. The maximum atomic E-state index is 12.3. The van der Waals surface area contributed by atoms with E-state index < -0.39 is 48.7 Å². The third-order valence-electron chi connectivity index (χ3n) is 5.44. The Morgan fingerprint density at radius 2 is 1.94 bits per heavy atom. The highest BCUT2D eigenvalue weighted by Gasteiger charge is 2.40. The fourth-order valence-corrected chi connectivity index (χ4v) is 3.76. The standard InChI is InChI=1S/C21H26ClF3N2O7/c22-11-1-2-17-15(5-11)16(29)8-18(33-17)20(31)27-9-12(28)3-4-26-19(30)10-32-13-6-14(7-13)34-21(23,24)25/h1-2,5,12-14,16,18,28-29H,3-4,6-10H2,(H,26,30)(H,27,31)/t12-,13-,14+,16+,18+/m0/s1. The van der Waals surface area contributed by atoms with E-state index in [9.17, 15) is 33.0 Å². The van der Waals surface area contributed by atoms with E-state index in [1.54, 1.807) is 18.2 Å². The predicted octanol–water partition coefficient (Wildman–Crippen LogP) is 1.59. The summed E-state index contributed by atoms with van der Waals surface area (Å²) in [5.74, 6) is -0.608. The van der Waals surface area contributed by atoms with E-state index in [1.807, 2.05) is 0 Å². The number of ether oxygens (including phenoxy) is 3. The monoisotopic (exact) mass is 510 g/mol. The normalized spacial score (nSPS) is 24.9. The molecule has 2 amide bonds. The first-order chi connectivity index (χ1) is 16.0. The molecule has 13 heteroatoms. The molecule has 0 saturated heterocycles. The molecule has 0 bridgehead atoms. The van der Waals surface area contributed by atoms with Gasteiger partial charge in [0.1, 0.15) is 12.4 Å². The summed E-state index contributed by atoms with van der Waals surface area (Å²) in [6, 6.07) is 4.73. The van der Waals surface area contributed by atoms with E-state index in [0.717, 1.165) is 0 Å². The van der Waals surface area contributed by atoms with Crippen molar-refractivity contribution in [3.8, 4) is 5.75 Å². The van der Waals surface area contributed by atoms with E-state index in [1.165, 1.54) is 0 Å². The van der Waals surface area contributed by atoms with Crippen molar-refractivity contribution in [2.75, 3.05) is 19.7 Å². The lowest BCUT2D eigenvalue weighted by molar-refractivity contribution is -0.357. The largest absolute Gasteiger partial charge is 0.522 e. The van der Waals surface area contributed by atoms with Gasteiger partial charge in [0.2, 0.25) is 5.91 Å². The number of benzene rings is 1. The van der Waals surface area contributed by atoms with Gasteiger partial charge in [0.15, 0.2) is 6.10 Å². The van der Waals surface area contributed by atoms with Gasteiger partial charge in [0, 0.05) is 42.9 Å². The number of hydrogen-bond acceptors (Lipinski definition) is 7. The van der Waals surface area contributed by atoms with Crippen LogP contribution < -0.4 is 15.4 Å². The molecular formula is C21H26ClF3N2O7. The minimum Gasteiger partial charge on any atom is -0.480 e. The average molecular weight is 511 g/mol. The van der Waals surface area contributed by atoms with Crippen LogP contribution in [-0.4, -0.2) is 72.5 Å². The van der Waals surface area contributed by atoms with E-state index in [4.69, 9.17) is 21.1 Å². The van der Waals surface area contributed by atoms with Crippen LogP contribution in [-0.2, 0) is 19.1 Å². The van der Waals surface area contributed by atoms with Crippen LogP contribution in [0.3, 0.4) is 0 Å². The van der Waals surface area contributed by atoms with Crippen LogP contribution in [0.15, 0.2) is 18.2 Å². The Hall–Kier alpha value is -2.12. The summed E-state index contributed by atoms with van der Waals surface area (Å²) in [6.07, 6.45) is -8.59. The molecule has 3 rings (SSSR count). The van der Waals surface area contributed by atoms with Crippen LogP contribution in [0.4, 0.5) is 13.2 Å². The van der Waals surface area contributed by atoms with Crippen molar-refractivity contribution in [2.45, 2.75) is 62.6 Å². The van der Waals surface area contributed by atoms with Crippen molar-refractivity contribution in [3.63, 3.8) is 0 Å². The lowest BCUT2D eigenvalue weighted by Crippen LogP contribution is -2.44. The summed E-state index contributed by atoms with van der Waals surface area (Å²) < 4.78 is 50.8. The van der Waals surface area contributed by atoms with Crippen molar-refractivity contribution in [1.82, 2.24) is 10.6 Å². The first-order valence-corrected chi connectivity index (χ1v) is 11.1. The second kappa shape index (κ2) is 11.5. The molecule has 0 spiro atoms. The van der Waals surface area contributed by atoms with Crippen molar-refractivity contribution in [2.24, 2.45) is 0 Å². The highest BCUT2D eigenvalue weighted by atomic mass is 35.5. The number of nitrogens with one attached hydrogen (secondary N) is 2. The summed E-state index contributed by atoms with van der Waals surface area (Å²) in [7, 11) is 0. The fourth-order valence-electron chi connectivity index (χ4n) is 3.57. The first kappa shape index (κ1) is 26.5. The molecular weight excluding hydrogens is 485 g/mol. The van der Waals surface area contributed by atoms with Crippen molar-refractivity contribution in [3.05, 3.63) is 28.8 Å². The van der Waals surface area contributed by atoms with Crippen molar-refractivity contribution < 1.29 is 47.2 Å². The van der Waals surface area contributed by atoms with Gasteiger partial charge in [-0.1, -0.05) is 11.6 Å². The smallest absolute Gasteiger partial charge is 0.480 e. The maximum Gasteiger partial charge on any atom is 0.522 e. The van der Waals surface area contributed by atoms with Crippen LogP contribution in [0.2, 0.25) is 5.02 Å². The molecule has 1 saturated carbocycles. The molecule has 2 aliphatic rings. The molecule has 3 atom stereocenters. The Morgan fingerprint density at radius 1 is 1.21 bits per heavy atom. The second-order valence-corrected chi connectivity index (χ2v) is 8.60. The Labute approximate surface area is 198 Å². The van der Waals surface area contributed by atoms with E-state index in [0.29, 0.717) is 16.3 Å². The van der Waals surface area contributed by atoms with E-state index in [-0.39, 0.29) is 45.4 Å². The Kier molecular flexibility index (Phi) is 8.99. The van der Waals surface area contributed by atoms with Crippen molar-refractivity contribution >= 4 is 23.4 Å². The average Bonchev–Trinajstić information content (AvgIpc) is 2.73. The van der Waals surface area contributed by atoms with Gasteiger partial charge >= 0.3 is 6.36 Å². The summed E-state index contributed by atoms with van der Waals surface area (Å²) in [5.41, 5.74) is 0.503. The predicted molar refractivity (Wildman–Crippen MR) is 112 cm³/mol. The van der Waals surface area contributed by atoms with Gasteiger partial charge in [0.05, 0.1) is 24.4 Å². The van der Waals surface area contributed by atoms with Gasteiger partial charge in [-0.15, -0.1) is 13.2 Å². The number of carbonyl (C=O) groups is 2. The lowest BCUT2D eigenvalue weighted by atomic mass is 9.92. The van der Waals surface area contributed by atoms with Crippen LogP contribution in [0.25, 0.3) is 0 Å². The molecule has 1 heterocycles. The Balaban J connectivity index is 1.26. The molecule has 0 radical (unpaired) electrons. The third-order valence-corrected chi connectivity index (χ3v) is 5.68. The molecule has 1 aliphatic carbocycles. The zero-order valence-corrected chi connectivity index (χ0v) is 18.8. The van der Waals surface area contributed by atoms with Gasteiger partial charge in [0.25, 0.3) is 5.91 Å². The van der Waals surface area contributed by atoms with E-state index in [2.05, 4.69) is 15.4 Å². The lowest BCUT2D eigenvalue weighted by Gasteiger charge is -2.34.